The van der Waals surface area contributed by atoms with Crippen LogP contribution in [0.4, 0.5) is 0 Å². The van der Waals surface area contributed by atoms with E-state index in [1.165, 1.54) is 0 Å². The largest absolute Gasteiger partial charge is 0.508 e. The van der Waals surface area contributed by atoms with Crippen molar-refractivity contribution >= 4 is 0 Å². The van der Waals surface area contributed by atoms with Crippen LogP contribution in [0.25, 0.3) is 0 Å². The first-order valence-electron chi connectivity index (χ1n) is 3.47. The summed E-state index contributed by atoms with van der Waals surface area (Å²) >= 11 is 0. The molecule has 0 radical (unpaired) electrons. The van der Waals surface area contributed by atoms with Crippen molar-refractivity contribution < 1.29 is 5.11 Å². The van der Waals surface area contributed by atoms with Gasteiger partial charge in [0.2, 0.25) is 0 Å². The van der Waals surface area contributed by atoms with E-state index in [2.05, 4.69) is 13.2 Å². The molecule has 0 atom stereocenters. The van der Waals surface area contributed by atoms with E-state index in [9.17, 15) is 0 Å². The van der Waals surface area contributed by atoms with E-state index in [4.69, 9.17) is 5.11 Å². The van der Waals surface area contributed by atoms with Gasteiger partial charge in [-0.2, -0.15) is 0 Å². The summed E-state index contributed by atoms with van der Waals surface area (Å²) in [5.74, 6) is 0.100. The van der Waals surface area contributed by atoms with Crippen LogP contribution in [0, 0.1) is 0 Å². The maximum absolute atomic E-state index is 9.07. The number of rotatable bonds is 3. The van der Waals surface area contributed by atoms with Gasteiger partial charge in [0, 0.05) is 5.57 Å². The summed E-state index contributed by atoms with van der Waals surface area (Å²) in [7, 11) is 0. The highest BCUT2D eigenvalue weighted by molar-refractivity contribution is 5.41. The molecule has 0 spiro atoms. The fraction of sp³-hybridized carbons (Fsp3) is 0.200. The third kappa shape index (κ3) is 2.89. The van der Waals surface area contributed by atoms with Gasteiger partial charge < -0.3 is 5.11 Å². The molecule has 0 aromatic rings. The zero-order chi connectivity index (χ0) is 8.85. The molecule has 11 heavy (non-hydrogen) atoms. The van der Waals surface area contributed by atoms with Gasteiger partial charge in [-0.05, 0) is 19.4 Å². The van der Waals surface area contributed by atoms with Crippen LogP contribution in [0.15, 0.2) is 48.3 Å². The van der Waals surface area contributed by atoms with Crippen LogP contribution < -0.4 is 0 Å². The van der Waals surface area contributed by atoms with Gasteiger partial charge in [0.15, 0.2) is 0 Å². The molecule has 0 fully saturated rings. The highest BCUT2D eigenvalue weighted by atomic mass is 16.3. The molecule has 0 aromatic heterocycles. The van der Waals surface area contributed by atoms with Crippen molar-refractivity contribution in [2.24, 2.45) is 0 Å². The molecule has 0 aromatic carbocycles. The van der Waals surface area contributed by atoms with Crippen LogP contribution in [-0.4, -0.2) is 5.11 Å². The smallest absolute Gasteiger partial charge is 0.115 e. The van der Waals surface area contributed by atoms with Gasteiger partial charge in [-0.1, -0.05) is 31.4 Å². The number of hydrogen-bond acceptors (Lipinski definition) is 1. The molecule has 0 rings (SSSR count). The maximum Gasteiger partial charge on any atom is 0.115 e. The second-order valence-corrected chi connectivity index (χ2v) is 2.23. The Kier molecular flexibility index (Phi) is 4.04. The average Bonchev–Trinajstić information content (AvgIpc) is 1.88. The normalized spacial score (nSPS) is 12.9. The van der Waals surface area contributed by atoms with Crippen molar-refractivity contribution in [2.45, 2.75) is 13.8 Å². The highest BCUT2D eigenvalue weighted by Gasteiger charge is 1.99. The lowest BCUT2D eigenvalue weighted by molar-refractivity contribution is 0.428. The predicted molar refractivity (Wildman–Crippen MR) is 49.5 cm³/mol. The molecular formula is C10H14O. The van der Waals surface area contributed by atoms with Crippen LogP contribution in [0.1, 0.15) is 13.8 Å². The lowest BCUT2D eigenvalue weighted by Gasteiger charge is -2.03. The second kappa shape index (κ2) is 4.56. The Labute approximate surface area is 68.1 Å². The molecule has 0 aliphatic heterocycles. The lowest BCUT2D eigenvalue weighted by Crippen LogP contribution is -1.87. The lowest BCUT2D eigenvalue weighted by atomic mass is 10.1. The fourth-order valence-electron chi connectivity index (χ4n) is 0.888. The van der Waals surface area contributed by atoms with E-state index in [-0.39, 0.29) is 5.76 Å². The Morgan fingerprint density at radius 3 is 2.27 bits per heavy atom. The number of hydrogen-bond donors (Lipinski definition) is 1. The third-order valence-corrected chi connectivity index (χ3v) is 1.39. The first-order valence-corrected chi connectivity index (χ1v) is 3.47. The minimum absolute atomic E-state index is 0.100. The van der Waals surface area contributed by atoms with E-state index in [0.29, 0.717) is 0 Å². The third-order valence-electron chi connectivity index (χ3n) is 1.39. The Morgan fingerprint density at radius 1 is 1.45 bits per heavy atom. The van der Waals surface area contributed by atoms with E-state index in [1.807, 2.05) is 26.0 Å². The quantitative estimate of drug-likeness (QED) is 0.484. The Balaban J connectivity index is 4.67. The van der Waals surface area contributed by atoms with Crippen molar-refractivity contribution in [1.82, 2.24) is 0 Å². The molecule has 0 bridgehead atoms. The summed E-state index contributed by atoms with van der Waals surface area (Å²) in [6.07, 6.45) is 5.33. The predicted octanol–water partition coefficient (Wildman–Crippen LogP) is 3.14. The van der Waals surface area contributed by atoms with E-state index in [0.717, 1.165) is 11.1 Å². The SMILES string of the molecule is C=C/C=C(C)\C(=C/C)C(=C)O. The van der Waals surface area contributed by atoms with Crippen LogP contribution in [0.5, 0.6) is 0 Å². The van der Waals surface area contributed by atoms with Crippen LogP contribution in [0.3, 0.4) is 0 Å². The summed E-state index contributed by atoms with van der Waals surface area (Å²) < 4.78 is 0. The monoisotopic (exact) mass is 150 g/mol. The zero-order valence-electron chi connectivity index (χ0n) is 7.09. The first-order chi connectivity index (χ1) is 5.13. The number of aliphatic hydroxyl groups is 1. The summed E-state index contributed by atoms with van der Waals surface area (Å²) in [6, 6.07) is 0. The minimum atomic E-state index is 0.100. The van der Waals surface area contributed by atoms with E-state index < -0.39 is 0 Å². The molecule has 0 aliphatic rings. The van der Waals surface area contributed by atoms with Gasteiger partial charge >= 0.3 is 0 Å². The van der Waals surface area contributed by atoms with Gasteiger partial charge in [0.1, 0.15) is 5.76 Å². The van der Waals surface area contributed by atoms with Gasteiger partial charge in [-0.3, -0.25) is 0 Å². The molecule has 0 unspecified atom stereocenters. The molecular weight excluding hydrogens is 136 g/mol. The first kappa shape index (κ1) is 9.76. The Bertz CT molecular complexity index is 219. The van der Waals surface area contributed by atoms with Crippen molar-refractivity contribution in [3.63, 3.8) is 0 Å². The van der Waals surface area contributed by atoms with E-state index >= 15 is 0 Å². The minimum Gasteiger partial charge on any atom is -0.508 e. The fourth-order valence-corrected chi connectivity index (χ4v) is 0.888. The molecule has 0 aliphatic carbocycles. The standard InChI is InChI=1S/C10H14O/c1-5-7-8(3)10(6-2)9(4)11/h5-7,11H,1,4H2,2-3H3/b8-7-,10-6+. The summed E-state index contributed by atoms with van der Waals surface area (Å²) in [5.41, 5.74) is 1.74. The van der Waals surface area contributed by atoms with Crippen molar-refractivity contribution in [2.75, 3.05) is 0 Å². The molecule has 1 nitrogen and oxygen atoms in total. The van der Waals surface area contributed by atoms with Crippen LogP contribution >= 0.6 is 0 Å². The molecule has 1 N–H and O–H groups in total. The summed E-state index contributed by atoms with van der Waals surface area (Å²) in [4.78, 5) is 0. The highest BCUT2D eigenvalue weighted by Crippen LogP contribution is 2.14. The van der Waals surface area contributed by atoms with Crippen LogP contribution in [-0.2, 0) is 0 Å². The average molecular weight is 150 g/mol. The van der Waals surface area contributed by atoms with Crippen molar-refractivity contribution in [3.05, 3.63) is 48.3 Å². The molecule has 0 saturated heterocycles. The molecule has 0 saturated carbocycles. The zero-order valence-corrected chi connectivity index (χ0v) is 7.09. The summed E-state index contributed by atoms with van der Waals surface area (Å²) in [6.45, 7) is 10.8. The molecule has 0 heterocycles. The van der Waals surface area contributed by atoms with Gasteiger partial charge in [-0.25, -0.2) is 0 Å². The van der Waals surface area contributed by atoms with E-state index in [1.54, 1.807) is 6.08 Å². The summed E-state index contributed by atoms with van der Waals surface area (Å²) in [5, 5.41) is 9.07. The number of aliphatic hydroxyl groups excluding tert-OH is 1. The van der Waals surface area contributed by atoms with Gasteiger partial charge in [0.05, 0.1) is 0 Å². The Hall–Kier alpha value is -1.24. The molecule has 1 heteroatoms. The Morgan fingerprint density at radius 2 is 2.00 bits per heavy atom. The van der Waals surface area contributed by atoms with Gasteiger partial charge in [-0.15, -0.1) is 0 Å². The second-order valence-electron chi connectivity index (χ2n) is 2.23. The molecule has 60 valence electrons. The molecule has 0 amide bonds. The maximum atomic E-state index is 9.07. The van der Waals surface area contributed by atoms with Crippen molar-refractivity contribution in [3.8, 4) is 0 Å². The van der Waals surface area contributed by atoms with Crippen LogP contribution in [0.2, 0.25) is 0 Å². The van der Waals surface area contributed by atoms with Crippen molar-refractivity contribution in [1.29, 1.82) is 0 Å². The topological polar surface area (TPSA) is 20.2 Å². The van der Waals surface area contributed by atoms with Gasteiger partial charge in [0.25, 0.3) is 0 Å². The number of allylic oxidation sites excluding steroid dienone is 4.